The normalized spacial score (nSPS) is 24.0. The first-order chi connectivity index (χ1) is 6.68. The Labute approximate surface area is 105 Å². The molecule has 16 heavy (non-hydrogen) atoms. The van der Waals surface area contributed by atoms with Gasteiger partial charge in [0.15, 0.2) is 0 Å². The van der Waals surface area contributed by atoms with Gasteiger partial charge in [0.05, 0.1) is 6.20 Å². The second-order valence-corrected chi connectivity index (χ2v) is 3.71. The summed E-state index contributed by atoms with van der Waals surface area (Å²) in [7, 11) is 1.79. The number of aryl methyl sites for hydroxylation is 1. The highest BCUT2D eigenvalue weighted by Crippen LogP contribution is 2.31. The average molecular weight is 274 g/mol. The molecule has 1 fully saturated rings. The van der Waals surface area contributed by atoms with Crippen LogP contribution < -0.4 is 5.32 Å². The Morgan fingerprint density at radius 1 is 1.44 bits per heavy atom. The SMILES string of the molecule is Cl.Cl.Cn1cc(C2CNCC2C(F)F)cn1. The summed E-state index contributed by atoms with van der Waals surface area (Å²) in [6.07, 6.45) is 1.23. The van der Waals surface area contributed by atoms with Crippen LogP contribution in [0.25, 0.3) is 0 Å². The van der Waals surface area contributed by atoms with Crippen LogP contribution in [-0.2, 0) is 7.05 Å². The summed E-state index contributed by atoms with van der Waals surface area (Å²) < 4.78 is 26.9. The third-order valence-corrected chi connectivity index (χ3v) is 2.74. The third-order valence-electron chi connectivity index (χ3n) is 2.74. The van der Waals surface area contributed by atoms with Crippen LogP contribution in [0.3, 0.4) is 0 Å². The Balaban J connectivity index is 0.00000112. The Morgan fingerprint density at radius 3 is 2.62 bits per heavy atom. The summed E-state index contributed by atoms with van der Waals surface area (Å²) in [5.41, 5.74) is 0.905. The lowest BCUT2D eigenvalue weighted by Crippen LogP contribution is -2.19. The lowest BCUT2D eigenvalue weighted by atomic mass is 9.91. The molecule has 94 valence electrons. The van der Waals surface area contributed by atoms with Gasteiger partial charge in [-0.05, 0) is 5.56 Å². The standard InChI is InChI=1S/C9H13F2N3.2ClH/c1-14-5-6(2-13-14)7-3-12-4-8(7)9(10)11;;/h2,5,7-9,12H,3-4H2,1H3;2*1H. The molecule has 0 bridgehead atoms. The van der Waals surface area contributed by atoms with Gasteiger partial charge in [0.1, 0.15) is 0 Å². The van der Waals surface area contributed by atoms with Gasteiger partial charge >= 0.3 is 0 Å². The first-order valence-corrected chi connectivity index (χ1v) is 4.66. The maximum atomic E-state index is 12.6. The van der Waals surface area contributed by atoms with E-state index in [1.807, 2.05) is 6.20 Å². The minimum atomic E-state index is -2.25. The second-order valence-electron chi connectivity index (χ2n) is 3.71. The first-order valence-electron chi connectivity index (χ1n) is 4.66. The molecule has 0 radical (unpaired) electrons. The number of hydrogen-bond acceptors (Lipinski definition) is 2. The Morgan fingerprint density at radius 2 is 2.12 bits per heavy atom. The molecule has 3 nitrogen and oxygen atoms in total. The highest BCUT2D eigenvalue weighted by Gasteiger charge is 2.35. The van der Waals surface area contributed by atoms with Crippen LogP contribution in [0.5, 0.6) is 0 Å². The molecule has 0 amide bonds. The molecule has 2 rings (SSSR count). The molecular weight excluding hydrogens is 259 g/mol. The van der Waals surface area contributed by atoms with Crippen molar-refractivity contribution in [1.29, 1.82) is 0 Å². The van der Waals surface area contributed by atoms with Gasteiger partial charge in [-0.1, -0.05) is 0 Å². The van der Waals surface area contributed by atoms with E-state index in [4.69, 9.17) is 0 Å². The van der Waals surface area contributed by atoms with Gasteiger partial charge in [0.2, 0.25) is 6.43 Å². The van der Waals surface area contributed by atoms with Crippen LogP contribution in [-0.4, -0.2) is 29.3 Å². The van der Waals surface area contributed by atoms with Crippen molar-refractivity contribution < 1.29 is 8.78 Å². The highest BCUT2D eigenvalue weighted by atomic mass is 35.5. The van der Waals surface area contributed by atoms with Gasteiger partial charge in [-0.25, -0.2) is 8.78 Å². The summed E-state index contributed by atoms with van der Waals surface area (Å²) >= 11 is 0. The summed E-state index contributed by atoms with van der Waals surface area (Å²) in [6.45, 7) is 1.03. The predicted octanol–water partition coefficient (Wildman–Crippen LogP) is 1.83. The fourth-order valence-electron chi connectivity index (χ4n) is 1.96. The summed E-state index contributed by atoms with van der Waals surface area (Å²) in [5.74, 6) is -0.664. The van der Waals surface area contributed by atoms with E-state index in [0.29, 0.717) is 13.1 Å². The maximum absolute atomic E-state index is 12.6. The van der Waals surface area contributed by atoms with E-state index in [1.165, 1.54) is 0 Å². The van der Waals surface area contributed by atoms with E-state index >= 15 is 0 Å². The molecule has 0 aromatic carbocycles. The zero-order valence-electron chi connectivity index (χ0n) is 8.77. The highest BCUT2D eigenvalue weighted by molar-refractivity contribution is 5.85. The van der Waals surface area contributed by atoms with Gasteiger partial charge in [-0.2, -0.15) is 5.10 Å². The molecule has 1 aliphatic heterocycles. The predicted molar refractivity (Wildman–Crippen MR) is 62.8 cm³/mol. The minimum absolute atomic E-state index is 0. The lowest BCUT2D eigenvalue weighted by molar-refractivity contribution is 0.0787. The lowest BCUT2D eigenvalue weighted by Gasteiger charge is -2.15. The van der Waals surface area contributed by atoms with Crippen molar-refractivity contribution in [3.63, 3.8) is 0 Å². The molecule has 1 N–H and O–H groups in total. The van der Waals surface area contributed by atoms with E-state index in [1.54, 1.807) is 17.9 Å². The van der Waals surface area contributed by atoms with Crippen LogP contribution in [0, 0.1) is 5.92 Å². The van der Waals surface area contributed by atoms with Crippen molar-refractivity contribution >= 4 is 24.8 Å². The van der Waals surface area contributed by atoms with Crippen molar-refractivity contribution in [3.8, 4) is 0 Å². The van der Waals surface area contributed by atoms with Gasteiger partial charge in [-0.15, -0.1) is 24.8 Å². The third kappa shape index (κ3) is 3.06. The van der Waals surface area contributed by atoms with Gasteiger partial charge in [0.25, 0.3) is 0 Å². The van der Waals surface area contributed by atoms with Gasteiger partial charge in [-0.3, -0.25) is 4.68 Å². The smallest absolute Gasteiger partial charge is 0.243 e. The number of halogens is 4. The van der Waals surface area contributed by atoms with Crippen LogP contribution >= 0.6 is 24.8 Å². The molecule has 0 saturated carbocycles. The minimum Gasteiger partial charge on any atom is -0.316 e. The number of hydrogen-bond donors (Lipinski definition) is 1. The van der Waals surface area contributed by atoms with Crippen LogP contribution in [0.2, 0.25) is 0 Å². The summed E-state index contributed by atoms with van der Waals surface area (Å²) in [6, 6.07) is 0. The van der Waals surface area contributed by atoms with E-state index < -0.39 is 12.3 Å². The van der Waals surface area contributed by atoms with E-state index in [-0.39, 0.29) is 30.7 Å². The fraction of sp³-hybridized carbons (Fsp3) is 0.667. The van der Waals surface area contributed by atoms with Crippen LogP contribution in [0.4, 0.5) is 8.78 Å². The van der Waals surface area contributed by atoms with Crippen molar-refractivity contribution in [3.05, 3.63) is 18.0 Å². The fourth-order valence-corrected chi connectivity index (χ4v) is 1.96. The van der Waals surface area contributed by atoms with Crippen LogP contribution in [0.1, 0.15) is 11.5 Å². The number of alkyl halides is 2. The molecule has 1 aromatic rings. The summed E-state index contributed by atoms with van der Waals surface area (Å²) in [4.78, 5) is 0. The molecule has 7 heteroatoms. The van der Waals surface area contributed by atoms with Crippen molar-refractivity contribution in [2.24, 2.45) is 13.0 Å². The molecule has 2 atom stereocenters. The maximum Gasteiger partial charge on any atom is 0.243 e. The number of nitrogens with one attached hydrogen (secondary N) is 1. The van der Waals surface area contributed by atoms with E-state index in [0.717, 1.165) is 5.56 Å². The first kappa shape index (κ1) is 15.6. The molecule has 1 aromatic heterocycles. The van der Waals surface area contributed by atoms with Crippen LogP contribution in [0.15, 0.2) is 12.4 Å². The Bertz CT molecular complexity index is 319. The Hall–Kier alpha value is -0.390. The van der Waals surface area contributed by atoms with Crippen molar-refractivity contribution in [1.82, 2.24) is 15.1 Å². The molecule has 0 spiro atoms. The molecule has 1 saturated heterocycles. The molecule has 1 aliphatic rings. The zero-order chi connectivity index (χ0) is 10.1. The zero-order valence-corrected chi connectivity index (χ0v) is 10.4. The molecular formula is C9H15Cl2F2N3. The van der Waals surface area contributed by atoms with Crippen molar-refractivity contribution in [2.45, 2.75) is 12.3 Å². The second kappa shape index (κ2) is 6.37. The largest absolute Gasteiger partial charge is 0.316 e. The number of nitrogens with zero attached hydrogens (tertiary/aromatic N) is 2. The van der Waals surface area contributed by atoms with E-state index in [2.05, 4.69) is 10.4 Å². The Kier molecular flexibility index (Phi) is 6.22. The van der Waals surface area contributed by atoms with Gasteiger partial charge in [0, 0.05) is 38.2 Å². The number of rotatable bonds is 2. The topological polar surface area (TPSA) is 29.9 Å². The van der Waals surface area contributed by atoms with Gasteiger partial charge < -0.3 is 5.32 Å². The quantitative estimate of drug-likeness (QED) is 0.891. The molecule has 2 unspecified atom stereocenters. The average Bonchev–Trinajstić information content (AvgIpc) is 2.70. The molecule has 2 heterocycles. The monoisotopic (exact) mass is 273 g/mol. The van der Waals surface area contributed by atoms with Crippen molar-refractivity contribution in [2.75, 3.05) is 13.1 Å². The van der Waals surface area contributed by atoms with E-state index in [9.17, 15) is 8.78 Å². The molecule has 0 aliphatic carbocycles. The summed E-state index contributed by atoms with van der Waals surface area (Å²) in [5, 5.41) is 6.99. The number of aromatic nitrogens is 2.